The number of fused-ring (bicyclic) bond motifs is 1. The van der Waals surface area contributed by atoms with Gasteiger partial charge >= 0.3 is 0 Å². The first kappa shape index (κ1) is 16.2. The predicted molar refractivity (Wildman–Crippen MR) is 93.4 cm³/mol. The maximum Gasteiger partial charge on any atom is 0.151 e. The molecule has 4 rings (SSSR count). The van der Waals surface area contributed by atoms with Gasteiger partial charge in [-0.3, -0.25) is 9.88 Å². The van der Waals surface area contributed by atoms with Crippen LogP contribution < -0.4 is 0 Å². The summed E-state index contributed by atoms with van der Waals surface area (Å²) in [7, 11) is 0. The van der Waals surface area contributed by atoms with Crippen molar-refractivity contribution in [3.05, 3.63) is 59.9 Å². The Morgan fingerprint density at radius 2 is 2.20 bits per heavy atom. The first-order valence-electron chi connectivity index (χ1n) is 8.64. The van der Waals surface area contributed by atoms with Crippen LogP contribution in [0.3, 0.4) is 0 Å². The molecule has 0 saturated carbocycles. The zero-order chi connectivity index (χ0) is 17.1. The van der Waals surface area contributed by atoms with Crippen molar-refractivity contribution in [3.63, 3.8) is 0 Å². The first-order chi connectivity index (χ1) is 12.3. The Balaban J connectivity index is 1.54. The normalized spacial score (nSPS) is 17.6. The molecule has 6 heteroatoms. The number of H-pyrrole nitrogens is 1. The number of nitrogens with zero attached hydrogens (tertiary/aromatic N) is 3. The van der Waals surface area contributed by atoms with Crippen molar-refractivity contribution in [2.45, 2.75) is 32.0 Å². The molecule has 5 nitrogen and oxygen atoms in total. The number of nitrogens with one attached hydrogen (secondary N) is 1. The summed E-state index contributed by atoms with van der Waals surface area (Å²) in [4.78, 5) is 14.1. The molecule has 1 atom stereocenters. The second kappa shape index (κ2) is 7.29. The highest BCUT2D eigenvalue weighted by molar-refractivity contribution is 5.75. The minimum absolute atomic E-state index is 0.248. The van der Waals surface area contributed by atoms with Crippen LogP contribution >= 0.6 is 0 Å². The van der Waals surface area contributed by atoms with Crippen LogP contribution in [0.2, 0.25) is 0 Å². The molecule has 1 aliphatic rings. The van der Waals surface area contributed by atoms with E-state index in [1.54, 1.807) is 12.3 Å². The van der Waals surface area contributed by atoms with E-state index in [-0.39, 0.29) is 11.9 Å². The SMILES string of the molecule is Fc1cccc2[nH]c(CN(Cc3cccnc3)C[C@@H]3CCCO3)nc12. The second-order valence-corrected chi connectivity index (χ2v) is 6.49. The van der Waals surface area contributed by atoms with Gasteiger partial charge in [-0.15, -0.1) is 0 Å². The average Bonchev–Trinajstić information content (AvgIpc) is 3.26. The Hall–Kier alpha value is -2.31. The Morgan fingerprint density at radius 1 is 1.24 bits per heavy atom. The summed E-state index contributed by atoms with van der Waals surface area (Å²) in [6.07, 6.45) is 6.09. The van der Waals surface area contributed by atoms with E-state index in [1.165, 1.54) is 6.07 Å². The van der Waals surface area contributed by atoms with Crippen molar-refractivity contribution in [2.24, 2.45) is 0 Å². The Morgan fingerprint density at radius 3 is 2.96 bits per heavy atom. The van der Waals surface area contributed by atoms with Gasteiger partial charge in [0.05, 0.1) is 18.2 Å². The van der Waals surface area contributed by atoms with E-state index in [2.05, 4.69) is 25.9 Å². The molecular weight excluding hydrogens is 319 g/mol. The number of pyridine rings is 1. The smallest absolute Gasteiger partial charge is 0.151 e. The summed E-state index contributed by atoms with van der Waals surface area (Å²) in [5.41, 5.74) is 2.27. The molecule has 0 spiro atoms. The highest BCUT2D eigenvalue weighted by atomic mass is 19.1. The fourth-order valence-corrected chi connectivity index (χ4v) is 3.35. The van der Waals surface area contributed by atoms with Gasteiger partial charge in [-0.2, -0.15) is 0 Å². The van der Waals surface area contributed by atoms with E-state index < -0.39 is 0 Å². The molecule has 3 heterocycles. The minimum Gasteiger partial charge on any atom is -0.377 e. The number of hydrogen-bond donors (Lipinski definition) is 1. The summed E-state index contributed by atoms with van der Waals surface area (Å²) in [5.74, 6) is 0.472. The van der Waals surface area contributed by atoms with Crippen molar-refractivity contribution in [3.8, 4) is 0 Å². The third kappa shape index (κ3) is 3.86. The molecule has 0 aliphatic carbocycles. The lowest BCUT2D eigenvalue weighted by Gasteiger charge is -2.24. The number of halogens is 1. The number of aromatic nitrogens is 3. The number of imidazole rings is 1. The molecule has 0 bridgehead atoms. The summed E-state index contributed by atoms with van der Waals surface area (Å²) in [6, 6.07) is 8.98. The maximum absolute atomic E-state index is 13.9. The van der Waals surface area contributed by atoms with Crippen LogP contribution in [0.1, 0.15) is 24.2 Å². The van der Waals surface area contributed by atoms with Crippen molar-refractivity contribution < 1.29 is 9.13 Å². The molecule has 25 heavy (non-hydrogen) atoms. The Labute approximate surface area is 145 Å². The molecule has 1 N–H and O–H groups in total. The van der Waals surface area contributed by atoms with Gasteiger partial charge < -0.3 is 9.72 Å². The predicted octanol–water partition coefficient (Wildman–Crippen LogP) is 3.28. The molecular formula is C19H21FN4O. The molecule has 1 aromatic carbocycles. The summed E-state index contributed by atoms with van der Waals surface area (Å²) in [5, 5.41) is 0. The van der Waals surface area contributed by atoms with E-state index in [4.69, 9.17) is 4.74 Å². The van der Waals surface area contributed by atoms with Gasteiger partial charge in [0.25, 0.3) is 0 Å². The highest BCUT2D eigenvalue weighted by Gasteiger charge is 2.20. The molecule has 1 fully saturated rings. The van der Waals surface area contributed by atoms with Crippen molar-refractivity contribution in [1.82, 2.24) is 19.9 Å². The van der Waals surface area contributed by atoms with Gasteiger partial charge in [0.15, 0.2) is 5.82 Å². The highest BCUT2D eigenvalue weighted by Crippen LogP contribution is 2.19. The van der Waals surface area contributed by atoms with Gasteiger partial charge in [-0.05, 0) is 36.6 Å². The number of ether oxygens (including phenoxy) is 1. The lowest BCUT2D eigenvalue weighted by molar-refractivity contribution is 0.0671. The maximum atomic E-state index is 13.9. The zero-order valence-electron chi connectivity index (χ0n) is 14.0. The van der Waals surface area contributed by atoms with Gasteiger partial charge in [-0.25, -0.2) is 9.37 Å². The minimum atomic E-state index is -0.294. The van der Waals surface area contributed by atoms with Crippen molar-refractivity contribution in [1.29, 1.82) is 0 Å². The zero-order valence-corrected chi connectivity index (χ0v) is 14.0. The van der Waals surface area contributed by atoms with E-state index in [0.717, 1.165) is 49.4 Å². The van der Waals surface area contributed by atoms with Crippen LogP contribution in [0, 0.1) is 5.82 Å². The molecule has 1 aliphatic heterocycles. The summed E-state index contributed by atoms with van der Waals surface area (Å²) < 4.78 is 19.7. The molecule has 3 aromatic rings. The van der Waals surface area contributed by atoms with Gasteiger partial charge in [-0.1, -0.05) is 12.1 Å². The largest absolute Gasteiger partial charge is 0.377 e. The average molecular weight is 340 g/mol. The topological polar surface area (TPSA) is 54.0 Å². The summed E-state index contributed by atoms with van der Waals surface area (Å²) in [6.45, 7) is 3.03. The Kier molecular flexibility index (Phi) is 4.72. The lowest BCUT2D eigenvalue weighted by Crippen LogP contribution is -2.31. The van der Waals surface area contributed by atoms with Gasteiger partial charge in [0.2, 0.25) is 0 Å². The van der Waals surface area contributed by atoms with Crippen LogP contribution in [-0.2, 0) is 17.8 Å². The van der Waals surface area contributed by atoms with Crippen molar-refractivity contribution in [2.75, 3.05) is 13.2 Å². The number of para-hydroxylation sites is 1. The van der Waals surface area contributed by atoms with Crippen molar-refractivity contribution >= 4 is 11.0 Å². The molecule has 130 valence electrons. The quantitative estimate of drug-likeness (QED) is 0.748. The molecule has 0 amide bonds. The molecule has 0 unspecified atom stereocenters. The fraction of sp³-hybridized carbons (Fsp3) is 0.368. The van der Waals surface area contributed by atoms with Crippen LogP contribution in [-0.4, -0.2) is 39.1 Å². The molecule has 1 saturated heterocycles. The monoisotopic (exact) mass is 340 g/mol. The number of hydrogen-bond acceptors (Lipinski definition) is 4. The van der Waals surface area contributed by atoms with Crippen LogP contribution in [0.5, 0.6) is 0 Å². The second-order valence-electron chi connectivity index (χ2n) is 6.49. The van der Waals surface area contributed by atoms with Crippen LogP contribution in [0.15, 0.2) is 42.7 Å². The lowest BCUT2D eigenvalue weighted by atomic mass is 10.2. The third-order valence-electron chi connectivity index (χ3n) is 4.50. The molecule has 0 radical (unpaired) electrons. The van der Waals surface area contributed by atoms with Crippen LogP contribution in [0.4, 0.5) is 4.39 Å². The Bertz CT molecular complexity index is 830. The number of rotatable bonds is 6. The van der Waals surface area contributed by atoms with Gasteiger partial charge in [0.1, 0.15) is 11.3 Å². The number of benzene rings is 1. The first-order valence-corrected chi connectivity index (χ1v) is 8.64. The van der Waals surface area contributed by atoms with Gasteiger partial charge in [0, 0.05) is 32.1 Å². The fourth-order valence-electron chi connectivity index (χ4n) is 3.35. The van der Waals surface area contributed by atoms with E-state index in [1.807, 2.05) is 18.3 Å². The van der Waals surface area contributed by atoms with E-state index in [0.29, 0.717) is 12.1 Å². The third-order valence-corrected chi connectivity index (χ3v) is 4.50. The molecule has 2 aromatic heterocycles. The van der Waals surface area contributed by atoms with E-state index in [9.17, 15) is 4.39 Å². The number of aromatic amines is 1. The standard InChI is InChI=1S/C19H21FN4O/c20-16-6-1-7-17-19(16)23-18(22-17)13-24(12-15-5-3-9-25-15)11-14-4-2-8-21-10-14/h1-2,4,6-8,10,15H,3,5,9,11-13H2,(H,22,23)/t15-/m0/s1. The van der Waals surface area contributed by atoms with E-state index >= 15 is 0 Å². The summed E-state index contributed by atoms with van der Waals surface area (Å²) >= 11 is 0. The van der Waals surface area contributed by atoms with Crippen LogP contribution in [0.25, 0.3) is 11.0 Å².